The fourth-order valence-corrected chi connectivity index (χ4v) is 3.61. The second kappa shape index (κ2) is 6.63. The highest BCUT2D eigenvalue weighted by Crippen LogP contribution is 2.30. The fourth-order valence-electron chi connectivity index (χ4n) is 3.03. The number of methoxy groups -OCH3 is 1. The number of aryl methyl sites for hydroxylation is 1. The lowest BCUT2D eigenvalue weighted by Gasteiger charge is -2.26. The Bertz CT molecular complexity index is 626. The first-order valence-corrected chi connectivity index (χ1v) is 8.21. The predicted molar refractivity (Wildman–Crippen MR) is 89.7 cm³/mol. The summed E-state index contributed by atoms with van der Waals surface area (Å²) in [5.41, 5.74) is 4.24. The van der Waals surface area contributed by atoms with Crippen molar-refractivity contribution < 1.29 is 4.74 Å². The van der Waals surface area contributed by atoms with Crippen LogP contribution >= 0.6 is 15.9 Å². The van der Waals surface area contributed by atoms with Gasteiger partial charge in [0.2, 0.25) is 0 Å². The molecule has 1 aliphatic rings. The van der Waals surface area contributed by atoms with Crippen molar-refractivity contribution in [2.45, 2.75) is 31.8 Å². The van der Waals surface area contributed by atoms with Crippen LogP contribution in [0.4, 0.5) is 0 Å². The number of fused-ring (bicyclic) bond motifs is 1. The van der Waals surface area contributed by atoms with Gasteiger partial charge in [0.05, 0.1) is 11.6 Å². The highest BCUT2D eigenvalue weighted by atomic mass is 79.9. The van der Waals surface area contributed by atoms with Crippen molar-refractivity contribution in [2.75, 3.05) is 7.11 Å². The first kappa shape index (κ1) is 14.6. The third-order valence-electron chi connectivity index (χ3n) is 4.14. The largest absolute Gasteiger partial charge is 0.496 e. The zero-order chi connectivity index (χ0) is 14.7. The van der Waals surface area contributed by atoms with Crippen LogP contribution in [0.3, 0.4) is 0 Å². The smallest absolute Gasteiger partial charge is 0.133 e. The van der Waals surface area contributed by atoms with E-state index in [2.05, 4.69) is 57.6 Å². The molecule has 0 saturated carbocycles. The maximum absolute atomic E-state index is 5.27. The summed E-state index contributed by atoms with van der Waals surface area (Å²) >= 11 is 3.55. The minimum absolute atomic E-state index is 0.468. The van der Waals surface area contributed by atoms with Crippen LogP contribution in [0.5, 0.6) is 5.75 Å². The molecule has 2 aromatic carbocycles. The van der Waals surface area contributed by atoms with Crippen molar-refractivity contribution in [3.63, 3.8) is 0 Å². The number of rotatable bonds is 4. The van der Waals surface area contributed by atoms with Crippen LogP contribution in [0, 0.1) is 0 Å². The van der Waals surface area contributed by atoms with Gasteiger partial charge in [-0.05, 0) is 64.0 Å². The molecule has 1 N–H and O–H groups in total. The first-order valence-electron chi connectivity index (χ1n) is 7.41. The minimum atomic E-state index is 0.468. The van der Waals surface area contributed by atoms with E-state index in [1.165, 1.54) is 36.0 Å². The normalized spacial score (nSPS) is 17.3. The summed E-state index contributed by atoms with van der Waals surface area (Å²) in [6, 6.07) is 15.5. The lowest BCUT2D eigenvalue weighted by Crippen LogP contribution is -2.24. The standard InChI is InChI=1S/C18H20BrNO/c1-21-18-10-9-13(11-16(18)19)12-20-17-8-4-6-14-5-2-3-7-15(14)17/h2-3,5,7,9-11,17,20H,4,6,8,12H2,1H3. The quantitative estimate of drug-likeness (QED) is 0.872. The van der Waals surface area contributed by atoms with Crippen LogP contribution in [0.2, 0.25) is 0 Å². The van der Waals surface area contributed by atoms with Crippen LogP contribution in [0.25, 0.3) is 0 Å². The molecule has 0 saturated heterocycles. The van der Waals surface area contributed by atoms with Gasteiger partial charge in [-0.25, -0.2) is 0 Å². The number of ether oxygens (including phenoxy) is 1. The number of benzene rings is 2. The van der Waals surface area contributed by atoms with Crippen molar-refractivity contribution >= 4 is 15.9 Å². The van der Waals surface area contributed by atoms with Gasteiger partial charge in [0.15, 0.2) is 0 Å². The summed E-state index contributed by atoms with van der Waals surface area (Å²) in [5.74, 6) is 0.877. The lowest BCUT2D eigenvalue weighted by atomic mass is 9.87. The molecular weight excluding hydrogens is 326 g/mol. The lowest BCUT2D eigenvalue weighted by molar-refractivity contribution is 0.411. The maximum atomic E-state index is 5.27. The Hall–Kier alpha value is -1.32. The van der Waals surface area contributed by atoms with Gasteiger partial charge < -0.3 is 10.1 Å². The number of halogens is 1. The second-order valence-corrected chi connectivity index (χ2v) is 6.35. The van der Waals surface area contributed by atoms with Gasteiger partial charge in [-0.1, -0.05) is 30.3 Å². The van der Waals surface area contributed by atoms with Crippen molar-refractivity contribution in [1.82, 2.24) is 5.32 Å². The fraction of sp³-hybridized carbons (Fsp3) is 0.333. The molecule has 0 fully saturated rings. The maximum Gasteiger partial charge on any atom is 0.133 e. The second-order valence-electron chi connectivity index (χ2n) is 5.49. The van der Waals surface area contributed by atoms with E-state index < -0.39 is 0 Å². The van der Waals surface area contributed by atoms with Crippen LogP contribution in [0.1, 0.15) is 35.6 Å². The van der Waals surface area contributed by atoms with Gasteiger partial charge in [-0.15, -0.1) is 0 Å². The van der Waals surface area contributed by atoms with E-state index in [1.807, 2.05) is 6.07 Å². The van der Waals surface area contributed by atoms with E-state index in [1.54, 1.807) is 7.11 Å². The molecule has 0 aromatic heterocycles. The molecule has 21 heavy (non-hydrogen) atoms. The molecule has 0 spiro atoms. The van der Waals surface area contributed by atoms with Gasteiger partial charge in [0, 0.05) is 12.6 Å². The highest BCUT2D eigenvalue weighted by Gasteiger charge is 2.18. The van der Waals surface area contributed by atoms with Crippen molar-refractivity contribution in [3.8, 4) is 5.75 Å². The first-order chi connectivity index (χ1) is 10.3. The Morgan fingerprint density at radius 1 is 1.24 bits per heavy atom. The van der Waals surface area contributed by atoms with E-state index in [4.69, 9.17) is 4.74 Å². The van der Waals surface area contributed by atoms with E-state index in [9.17, 15) is 0 Å². The highest BCUT2D eigenvalue weighted by molar-refractivity contribution is 9.10. The van der Waals surface area contributed by atoms with Crippen molar-refractivity contribution in [3.05, 3.63) is 63.6 Å². The summed E-state index contributed by atoms with van der Waals surface area (Å²) in [7, 11) is 1.69. The van der Waals surface area contributed by atoms with Crippen LogP contribution in [-0.4, -0.2) is 7.11 Å². The molecule has 3 rings (SSSR count). The number of hydrogen-bond acceptors (Lipinski definition) is 2. The Labute approximate surface area is 134 Å². The average Bonchev–Trinajstić information content (AvgIpc) is 2.53. The van der Waals surface area contributed by atoms with Gasteiger partial charge in [-0.3, -0.25) is 0 Å². The minimum Gasteiger partial charge on any atom is -0.496 e. The molecular formula is C18H20BrNO. The van der Waals surface area contributed by atoms with Gasteiger partial charge in [0.25, 0.3) is 0 Å². The Morgan fingerprint density at radius 2 is 2.10 bits per heavy atom. The molecule has 1 unspecified atom stereocenters. The Morgan fingerprint density at radius 3 is 2.90 bits per heavy atom. The van der Waals surface area contributed by atoms with Crippen molar-refractivity contribution in [2.24, 2.45) is 0 Å². The Balaban J connectivity index is 1.70. The molecule has 1 atom stereocenters. The molecule has 1 aliphatic carbocycles. The zero-order valence-corrected chi connectivity index (χ0v) is 13.8. The van der Waals surface area contributed by atoms with E-state index in [-0.39, 0.29) is 0 Å². The predicted octanol–water partition coefficient (Wildman–Crippen LogP) is 4.62. The molecule has 0 bridgehead atoms. The van der Waals surface area contributed by atoms with E-state index in [0.29, 0.717) is 6.04 Å². The molecule has 0 amide bonds. The Kier molecular flexibility index (Phi) is 4.61. The van der Waals surface area contributed by atoms with Crippen LogP contribution < -0.4 is 10.1 Å². The topological polar surface area (TPSA) is 21.3 Å². The summed E-state index contributed by atoms with van der Waals surface area (Å²) in [5, 5.41) is 3.70. The molecule has 110 valence electrons. The van der Waals surface area contributed by atoms with Gasteiger partial charge >= 0.3 is 0 Å². The van der Waals surface area contributed by atoms with Crippen LogP contribution in [-0.2, 0) is 13.0 Å². The van der Waals surface area contributed by atoms with Crippen LogP contribution in [0.15, 0.2) is 46.9 Å². The van der Waals surface area contributed by atoms with Crippen molar-refractivity contribution in [1.29, 1.82) is 0 Å². The molecule has 3 heteroatoms. The van der Waals surface area contributed by atoms with Gasteiger partial charge in [0.1, 0.15) is 5.75 Å². The SMILES string of the molecule is COc1ccc(CNC2CCCc3ccccc32)cc1Br. The van der Waals surface area contributed by atoms with Gasteiger partial charge in [-0.2, -0.15) is 0 Å². The summed E-state index contributed by atoms with van der Waals surface area (Å²) < 4.78 is 6.28. The molecule has 0 radical (unpaired) electrons. The number of hydrogen-bond donors (Lipinski definition) is 1. The zero-order valence-electron chi connectivity index (χ0n) is 12.2. The molecule has 2 nitrogen and oxygen atoms in total. The molecule has 2 aromatic rings. The van der Waals surface area contributed by atoms with E-state index >= 15 is 0 Å². The summed E-state index contributed by atoms with van der Waals surface area (Å²) in [6.45, 7) is 0.877. The summed E-state index contributed by atoms with van der Waals surface area (Å²) in [6.07, 6.45) is 3.69. The summed E-state index contributed by atoms with van der Waals surface area (Å²) in [4.78, 5) is 0. The molecule has 0 heterocycles. The number of nitrogens with one attached hydrogen (secondary N) is 1. The third kappa shape index (κ3) is 3.30. The van der Waals surface area contributed by atoms with E-state index in [0.717, 1.165) is 16.8 Å². The monoisotopic (exact) mass is 345 g/mol. The average molecular weight is 346 g/mol. The third-order valence-corrected chi connectivity index (χ3v) is 4.76. The molecule has 0 aliphatic heterocycles.